The second kappa shape index (κ2) is 12.3. The Kier molecular flexibility index (Phi) is 10.0. The zero-order valence-electron chi connectivity index (χ0n) is 16.2. The van der Waals surface area contributed by atoms with Gasteiger partial charge in [0.2, 0.25) is 0 Å². The summed E-state index contributed by atoms with van der Waals surface area (Å²) in [7, 11) is 0. The van der Waals surface area contributed by atoms with Crippen LogP contribution < -0.4 is 10.5 Å². The molecule has 148 valence electrons. The summed E-state index contributed by atoms with van der Waals surface area (Å²) in [5, 5.41) is 25.3. The van der Waals surface area contributed by atoms with E-state index in [1.807, 2.05) is 37.3 Å². The third kappa shape index (κ3) is 7.60. The van der Waals surface area contributed by atoms with Crippen LogP contribution in [0, 0.1) is 22.6 Å². The van der Waals surface area contributed by atoms with Crippen LogP contribution in [0.4, 0.5) is 4.39 Å². The number of ether oxygens (including phenoxy) is 1. The normalized spacial score (nSPS) is 13.3. The van der Waals surface area contributed by atoms with Crippen LogP contribution >= 0.6 is 0 Å². The van der Waals surface area contributed by atoms with E-state index in [9.17, 15) is 4.39 Å². The first-order chi connectivity index (χ1) is 13.4. The summed E-state index contributed by atoms with van der Waals surface area (Å²) in [5.41, 5.74) is 7.63. The topological polar surface area (TPSA) is 103 Å². The number of benzene rings is 1. The number of nitrogens with zero attached hydrogens (tertiary/aromatic N) is 1. The van der Waals surface area contributed by atoms with Crippen LogP contribution in [-0.2, 0) is 0 Å². The molecule has 2 rings (SSSR count). The molecule has 0 fully saturated rings. The van der Waals surface area contributed by atoms with E-state index >= 15 is 0 Å². The molecule has 6 heteroatoms. The van der Waals surface area contributed by atoms with Gasteiger partial charge in [0.1, 0.15) is 11.6 Å². The Balaban J connectivity index is 0.000000362. The Hall–Kier alpha value is -3.17. The molecule has 0 aliphatic heterocycles. The average molecular weight is 383 g/mol. The average Bonchev–Trinajstić information content (AvgIpc) is 2.99. The van der Waals surface area contributed by atoms with Crippen molar-refractivity contribution in [2.45, 2.75) is 33.1 Å². The maximum atomic E-state index is 13.3. The maximum Gasteiger partial charge on any atom is 0.166 e. The molecule has 1 aliphatic rings. The minimum absolute atomic E-state index is 0.151. The summed E-state index contributed by atoms with van der Waals surface area (Å²) in [4.78, 5) is 0. The summed E-state index contributed by atoms with van der Waals surface area (Å²) in [5.74, 6) is -0.160. The van der Waals surface area contributed by atoms with E-state index in [1.54, 1.807) is 6.92 Å². The largest absolute Gasteiger partial charge is 0.454 e. The second-order valence-electron chi connectivity index (χ2n) is 5.89. The van der Waals surface area contributed by atoms with E-state index in [4.69, 9.17) is 26.2 Å². The first-order valence-electron chi connectivity index (χ1n) is 9.03. The van der Waals surface area contributed by atoms with E-state index in [0.29, 0.717) is 18.5 Å². The van der Waals surface area contributed by atoms with Gasteiger partial charge in [-0.2, -0.15) is 5.26 Å². The standard InChI is InChI=1S/C14H16FN3O.C8H10O/c1-3-12(17)14(13(18)4-2)19-11-6-9(8-16)5-10(15)7-11;9-7-8-5-3-1-2-4-6-8/h5-7,17H,3-4,18H2,1-2H3;1-3,5-6,9H,4,7H2/b14-13+,17-12?;. The molecule has 0 aromatic heterocycles. The number of hydrogen-bond acceptors (Lipinski definition) is 5. The quantitative estimate of drug-likeness (QED) is 0.497. The molecule has 0 spiro atoms. The predicted octanol–water partition coefficient (Wildman–Crippen LogP) is 4.51. The molecule has 0 amide bonds. The van der Waals surface area contributed by atoms with Gasteiger partial charge >= 0.3 is 0 Å². The number of nitrogens with two attached hydrogens (primary N) is 1. The molecule has 0 atom stereocenters. The number of nitrogens with one attached hydrogen (secondary N) is 1. The third-order valence-corrected chi connectivity index (χ3v) is 3.78. The zero-order valence-corrected chi connectivity index (χ0v) is 16.2. The zero-order chi connectivity index (χ0) is 20.9. The van der Waals surface area contributed by atoms with Crippen molar-refractivity contribution in [1.29, 1.82) is 10.7 Å². The van der Waals surface area contributed by atoms with E-state index in [1.165, 1.54) is 6.07 Å². The van der Waals surface area contributed by atoms with Crippen molar-refractivity contribution in [2.24, 2.45) is 5.73 Å². The molecule has 0 saturated heterocycles. The molecule has 0 unspecified atom stereocenters. The number of nitriles is 1. The van der Waals surface area contributed by atoms with E-state index in [0.717, 1.165) is 24.1 Å². The molecule has 1 aromatic carbocycles. The Morgan fingerprint density at radius 3 is 2.64 bits per heavy atom. The third-order valence-electron chi connectivity index (χ3n) is 3.78. The molecule has 4 N–H and O–H groups in total. The lowest BCUT2D eigenvalue weighted by molar-refractivity contribution is 0.334. The van der Waals surface area contributed by atoms with Crippen LogP contribution in [0.1, 0.15) is 38.7 Å². The van der Waals surface area contributed by atoms with Gasteiger partial charge in [-0.1, -0.05) is 44.2 Å². The molecular weight excluding hydrogens is 357 g/mol. The lowest BCUT2D eigenvalue weighted by Crippen LogP contribution is -2.15. The molecule has 0 heterocycles. The fraction of sp³-hybridized carbons (Fsp3) is 0.273. The van der Waals surface area contributed by atoms with Gasteiger partial charge in [0.15, 0.2) is 5.76 Å². The Bertz CT molecular complexity index is 846. The van der Waals surface area contributed by atoms with E-state index < -0.39 is 5.82 Å². The lowest BCUT2D eigenvalue weighted by atomic mass is 10.1. The van der Waals surface area contributed by atoms with Crippen LogP contribution in [0.5, 0.6) is 5.75 Å². The molecule has 0 radical (unpaired) electrons. The van der Waals surface area contributed by atoms with Crippen molar-refractivity contribution in [3.8, 4) is 11.8 Å². The van der Waals surface area contributed by atoms with Crippen molar-refractivity contribution >= 4 is 5.71 Å². The van der Waals surface area contributed by atoms with Crippen molar-refractivity contribution in [2.75, 3.05) is 6.61 Å². The van der Waals surface area contributed by atoms with Crippen LogP contribution in [0.15, 0.2) is 65.6 Å². The highest BCUT2D eigenvalue weighted by atomic mass is 19.1. The SMILES string of the molecule is CCC(=N)/C(Oc1cc(F)cc(C#N)c1)=C(\N)CC.OCC1=CCC=CC=C1. The van der Waals surface area contributed by atoms with Gasteiger partial charge < -0.3 is 21.0 Å². The van der Waals surface area contributed by atoms with Gasteiger partial charge in [-0.05, 0) is 37.0 Å². The number of aliphatic hydroxyl groups excluding tert-OH is 1. The molecule has 1 aromatic rings. The van der Waals surface area contributed by atoms with Gasteiger partial charge in [-0.15, -0.1) is 0 Å². The Labute approximate surface area is 165 Å². The van der Waals surface area contributed by atoms with Crippen molar-refractivity contribution in [3.05, 3.63) is 77.0 Å². The number of allylic oxidation sites excluding steroid dienone is 6. The maximum absolute atomic E-state index is 13.3. The molecule has 1 aliphatic carbocycles. The first-order valence-corrected chi connectivity index (χ1v) is 9.03. The van der Waals surface area contributed by atoms with Crippen LogP contribution in [0.2, 0.25) is 0 Å². The summed E-state index contributed by atoms with van der Waals surface area (Å²) in [6, 6.07) is 5.53. The molecule has 0 bridgehead atoms. The molecule has 0 saturated carbocycles. The van der Waals surface area contributed by atoms with Crippen molar-refractivity contribution < 1.29 is 14.2 Å². The smallest absolute Gasteiger partial charge is 0.166 e. The van der Waals surface area contributed by atoms with Gasteiger partial charge in [0.25, 0.3) is 0 Å². The number of rotatable bonds is 6. The van der Waals surface area contributed by atoms with Crippen molar-refractivity contribution in [3.63, 3.8) is 0 Å². The van der Waals surface area contributed by atoms with Crippen molar-refractivity contribution in [1.82, 2.24) is 0 Å². The van der Waals surface area contributed by atoms with E-state index in [-0.39, 0.29) is 29.4 Å². The first kappa shape index (κ1) is 22.9. The Morgan fingerprint density at radius 2 is 2.04 bits per heavy atom. The molecular formula is C22H26FN3O2. The minimum atomic E-state index is -0.563. The number of hydrogen-bond donors (Lipinski definition) is 3. The fourth-order valence-electron chi connectivity index (χ4n) is 2.19. The van der Waals surface area contributed by atoms with Gasteiger partial charge in [-0.25, -0.2) is 4.39 Å². The Morgan fingerprint density at radius 1 is 1.29 bits per heavy atom. The number of aliphatic hydroxyl groups is 1. The summed E-state index contributed by atoms with van der Waals surface area (Å²) >= 11 is 0. The lowest BCUT2D eigenvalue weighted by Gasteiger charge is -2.13. The minimum Gasteiger partial charge on any atom is -0.454 e. The summed E-state index contributed by atoms with van der Waals surface area (Å²) < 4.78 is 18.8. The van der Waals surface area contributed by atoms with Crippen LogP contribution in [-0.4, -0.2) is 17.4 Å². The second-order valence-corrected chi connectivity index (χ2v) is 5.89. The van der Waals surface area contributed by atoms with E-state index in [2.05, 4.69) is 6.08 Å². The molecule has 5 nitrogen and oxygen atoms in total. The van der Waals surface area contributed by atoms with Gasteiger partial charge in [0, 0.05) is 6.07 Å². The summed E-state index contributed by atoms with van der Waals surface area (Å²) in [6.45, 7) is 3.80. The van der Waals surface area contributed by atoms with Gasteiger partial charge in [-0.3, -0.25) is 0 Å². The highest BCUT2D eigenvalue weighted by Crippen LogP contribution is 2.20. The highest BCUT2D eigenvalue weighted by Gasteiger charge is 2.12. The molecule has 28 heavy (non-hydrogen) atoms. The number of halogens is 1. The van der Waals surface area contributed by atoms with Crippen LogP contribution in [0.25, 0.3) is 0 Å². The predicted molar refractivity (Wildman–Crippen MR) is 109 cm³/mol. The monoisotopic (exact) mass is 383 g/mol. The fourth-order valence-corrected chi connectivity index (χ4v) is 2.19. The van der Waals surface area contributed by atoms with Gasteiger partial charge in [0.05, 0.1) is 29.6 Å². The van der Waals surface area contributed by atoms with Crippen LogP contribution in [0.3, 0.4) is 0 Å². The highest BCUT2D eigenvalue weighted by molar-refractivity contribution is 5.96. The summed E-state index contributed by atoms with van der Waals surface area (Å²) in [6.07, 6.45) is 11.8.